The Balaban J connectivity index is 2.32. The lowest BCUT2D eigenvalue weighted by Crippen LogP contribution is -2.29. The average molecular weight is 291 g/mol. The predicted molar refractivity (Wildman–Crippen MR) is 76.0 cm³/mol. The second-order valence-corrected chi connectivity index (χ2v) is 5.28. The molecule has 0 amide bonds. The number of nitro benzene ring substituents is 1. The molecule has 8 heteroatoms. The van der Waals surface area contributed by atoms with Gasteiger partial charge in [-0.05, 0) is 19.9 Å². The van der Waals surface area contributed by atoms with Gasteiger partial charge in [0.05, 0.1) is 30.3 Å². The van der Waals surface area contributed by atoms with Gasteiger partial charge >= 0.3 is 0 Å². The van der Waals surface area contributed by atoms with Gasteiger partial charge in [0.25, 0.3) is 5.69 Å². The Kier molecular flexibility index (Phi) is 3.90. The van der Waals surface area contributed by atoms with E-state index in [0.29, 0.717) is 23.6 Å². The molecule has 1 aromatic heterocycles. The summed E-state index contributed by atoms with van der Waals surface area (Å²) < 4.78 is 6.79. The van der Waals surface area contributed by atoms with Crippen molar-refractivity contribution in [1.82, 2.24) is 15.0 Å². The van der Waals surface area contributed by atoms with Gasteiger partial charge in [-0.1, -0.05) is 5.21 Å². The summed E-state index contributed by atoms with van der Waals surface area (Å²) in [5.74, 6) is 0.560. The molecule has 0 atom stereocenters. The third-order valence-corrected chi connectivity index (χ3v) is 3.01. The monoisotopic (exact) mass is 291 g/mol. The van der Waals surface area contributed by atoms with Crippen molar-refractivity contribution in [2.75, 3.05) is 7.11 Å². The van der Waals surface area contributed by atoms with E-state index in [-0.39, 0.29) is 5.69 Å². The number of hydrogen-bond donors (Lipinski definition) is 1. The fraction of sp³-hybridized carbons (Fsp3) is 0.385. The maximum atomic E-state index is 10.9. The van der Waals surface area contributed by atoms with Crippen LogP contribution in [0.1, 0.15) is 25.1 Å². The molecule has 0 radical (unpaired) electrons. The summed E-state index contributed by atoms with van der Waals surface area (Å²) in [5, 5.41) is 18.9. The highest BCUT2D eigenvalue weighted by molar-refractivity contribution is 5.43. The molecule has 0 aliphatic heterocycles. The number of non-ortho nitro benzene ring substituents is 1. The van der Waals surface area contributed by atoms with Crippen molar-refractivity contribution in [2.24, 2.45) is 5.73 Å². The first kappa shape index (κ1) is 14.9. The number of hydrogen-bond acceptors (Lipinski definition) is 6. The maximum absolute atomic E-state index is 10.9. The molecule has 0 unspecified atom stereocenters. The Morgan fingerprint density at radius 2 is 2.19 bits per heavy atom. The van der Waals surface area contributed by atoms with E-state index < -0.39 is 10.5 Å². The van der Waals surface area contributed by atoms with Crippen molar-refractivity contribution in [3.63, 3.8) is 0 Å². The third-order valence-electron chi connectivity index (χ3n) is 3.01. The lowest BCUT2D eigenvalue weighted by Gasteiger charge is -2.13. The molecule has 0 bridgehead atoms. The van der Waals surface area contributed by atoms with Crippen molar-refractivity contribution in [2.45, 2.75) is 25.9 Å². The molecule has 21 heavy (non-hydrogen) atoms. The smallest absolute Gasteiger partial charge is 0.270 e. The third kappa shape index (κ3) is 3.34. The van der Waals surface area contributed by atoms with Crippen LogP contribution in [0.15, 0.2) is 24.4 Å². The van der Waals surface area contributed by atoms with Crippen molar-refractivity contribution in [3.05, 3.63) is 45.8 Å². The molecule has 0 saturated heterocycles. The van der Waals surface area contributed by atoms with E-state index in [1.54, 1.807) is 16.9 Å². The van der Waals surface area contributed by atoms with Crippen LogP contribution in [-0.2, 0) is 12.1 Å². The molecule has 2 N–H and O–H groups in total. The molecule has 0 spiro atoms. The van der Waals surface area contributed by atoms with Crippen molar-refractivity contribution in [3.8, 4) is 5.75 Å². The molecular formula is C13H17N5O3. The Morgan fingerprint density at radius 3 is 2.71 bits per heavy atom. The molecule has 1 heterocycles. The molecule has 112 valence electrons. The first-order valence-electron chi connectivity index (χ1n) is 6.32. The summed E-state index contributed by atoms with van der Waals surface area (Å²) in [6, 6.07) is 4.43. The van der Waals surface area contributed by atoms with Gasteiger partial charge in [0.2, 0.25) is 0 Å². The van der Waals surface area contributed by atoms with Crippen LogP contribution in [0, 0.1) is 10.1 Å². The van der Waals surface area contributed by atoms with E-state index in [2.05, 4.69) is 10.3 Å². The number of nitro groups is 1. The van der Waals surface area contributed by atoms with E-state index in [0.717, 1.165) is 0 Å². The van der Waals surface area contributed by atoms with E-state index in [1.807, 2.05) is 13.8 Å². The van der Waals surface area contributed by atoms with Crippen LogP contribution in [0.2, 0.25) is 0 Å². The summed E-state index contributed by atoms with van der Waals surface area (Å²) in [5.41, 5.74) is 6.66. The quantitative estimate of drug-likeness (QED) is 0.659. The van der Waals surface area contributed by atoms with Crippen LogP contribution in [-0.4, -0.2) is 27.0 Å². The van der Waals surface area contributed by atoms with Gasteiger partial charge in [-0.2, -0.15) is 0 Å². The average Bonchev–Trinajstić information content (AvgIpc) is 2.87. The van der Waals surface area contributed by atoms with E-state index in [4.69, 9.17) is 10.5 Å². The molecule has 2 rings (SSSR count). The van der Waals surface area contributed by atoms with Crippen LogP contribution in [0.5, 0.6) is 5.75 Å². The largest absolute Gasteiger partial charge is 0.496 e. The number of ether oxygens (including phenoxy) is 1. The number of methoxy groups -OCH3 is 1. The Bertz CT molecular complexity index is 660. The zero-order chi connectivity index (χ0) is 15.6. The molecule has 0 fully saturated rings. The van der Waals surface area contributed by atoms with E-state index >= 15 is 0 Å². The Morgan fingerprint density at radius 1 is 1.48 bits per heavy atom. The van der Waals surface area contributed by atoms with Gasteiger partial charge < -0.3 is 10.5 Å². The van der Waals surface area contributed by atoms with Crippen LogP contribution >= 0.6 is 0 Å². The highest BCUT2D eigenvalue weighted by Crippen LogP contribution is 2.25. The summed E-state index contributed by atoms with van der Waals surface area (Å²) in [4.78, 5) is 10.4. The summed E-state index contributed by atoms with van der Waals surface area (Å²) >= 11 is 0. The second kappa shape index (κ2) is 5.49. The van der Waals surface area contributed by atoms with Gasteiger partial charge in [-0.25, -0.2) is 4.68 Å². The fourth-order valence-corrected chi connectivity index (χ4v) is 1.85. The predicted octanol–water partition coefficient (Wildman–Crippen LogP) is 1.44. The number of aromatic nitrogens is 3. The van der Waals surface area contributed by atoms with Crippen molar-refractivity contribution >= 4 is 5.69 Å². The van der Waals surface area contributed by atoms with Crippen LogP contribution < -0.4 is 10.5 Å². The summed E-state index contributed by atoms with van der Waals surface area (Å²) in [6.45, 7) is 3.97. The van der Waals surface area contributed by atoms with Crippen LogP contribution in [0.3, 0.4) is 0 Å². The topological polar surface area (TPSA) is 109 Å². The normalized spacial score (nSPS) is 11.4. The van der Waals surface area contributed by atoms with E-state index in [9.17, 15) is 10.1 Å². The molecular weight excluding hydrogens is 274 g/mol. The molecule has 1 aromatic carbocycles. The van der Waals surface area contributed by atoms with Crippen LogP contribution in [0.25, 0.3) is 0 Å². The van der Waals surface area contributed by atoms with E-state index in [1.165, 1.54) is 19.2 Å². The first-order valence-corrected chi connectivity index (χ1v) is 6.32. The van der Waals surface area contributed by atoms with Gasteiger partial charge in [0, 0.05) is 17.7 Å². The number of nitrogens with two attached hydrogens (primary N) is 1. The fourth-order valence-electron chi connectivity index (χ4n) is 1.85. The van der Waals surface area contributed by atoms with Gasteiger partial charge in [0.1, 0.15) is 11.4 Å². The maximum Gasteiger partial charge on any atom is 0.270 e. The highest BCUT2D eigenvalue weighted by Gasteiger charge is 2.19. The van der Waals surface area contributed by atoms with Crippen LogP contribution in [0.4, 0.5) is 5.69 Å². The molecule has 0 aliphatic rings. The zero-order valence-corrected chi connectivity index (χ0v) is 12.1. The minimum atomic E-state index is -0.592. The van der Waals surface area contributed by atoms with Gasteiger partial charge in [-0.3, -0.25) is 10.1 Å². The Labute approximate surface area is 121 Å². The molecule has 8 nitrogen and oxygen atoms in total. The minimum absolute atomic E-state index is 0.00490. The highest BCUT2D eigenvalue weighted by atomic mass is 16.6. The number of nitrogens with zero attached hydrogens (tertiary/aromatic N) is 4. The lowest BCUT2D eigenvalue weighted by atomic mass is 10.0. The van der Waals surface area contributed by atoms with Gasteiger partial charge in [0.15, 0.2) is 0 Å². The summed E-state index contributed by atoms with van der Waals surface area (Å²) in [7, 11) is 1.51. The number of rotatable bonds is 5. The lowest BCUT2D eigenvalue weighted by molar-refractivity contribution is -0.384. The SMILES string of the molecule is COc1ccc([N+](=O)[O-])cc1Cn1cc(C(C)(C)N)nn1. The minimum Gasteiger partial charge on any atom is -0.496 e. The van der Waals surface area contributed by atoms with Gasteiger partial charge in [-0.15, -0.1) is 5.10 Å². The molecule has 0 aliphatic carbocycles. The Hall–Kier alpha value is -2.48. The zero-order valence-electron chi connectivity index (χ0n) is 12.1. The first-order chi connectivity index (χ1) is 9.81. The molecule has 0 saturated carbocycles. The van der Waals surface area contributed by atoms with Crippen molar-refractivity contribution < 1.29 is 9.66 Å². The molecule has 2 aromatic rings. The number of benzene rings is 1. The van der Waals surface area contributed by atoms with Crippen molar-refractivity contribution in [1.29, 1.82) is 0 Å². The second-order valence-electron chi connectivity index (χ2n) is 5.28. The summed E-state index contributed by atoms with van der Waals surface area (Å²) in [6.07, 6.45) is 1.72. The standard InChI is InChI=1S/C13H17N5O3/c1-13(2,14)12-8-17(16-15-12)7-9-6-10(18(19)20)4-5-11(9)21-3/h4-6,8H,7,14H2,1-3H3.